The molecule has 10 nitrogen and oxygen atoms in total. The van der Waals surface area contributed by atoms with Gasteiger partial charge in [0.2, 0.25) is 0 Å². The van der Waals surface area contributed by atoms with Crippen LogP contribution >= 0.6 is 0 Å². The monoisotopic (exact) mass is 676 g/mol. The van der Waals surface area contributed by atoms with Gasteiger partial charge in [-0.05, 0) is 32.2 Å². The Morgan fingerprint density at radius 1 is 0.475 bits per heavy atom. The van der Waals surface area contributed by atoms with E-state index in [2.05, 4.69) is 0 Å². The molecule has 0 aliphatic rings. The number of aliphatic hydroxyl groups excluding tert-OH is 2. The molecule has 0 amide bonds. The highest BCUT2D eigenvalue weighted by Crippen LogP contribution is 2.27. The number of rotatable bonds is 14. The summed E-state index contributed by atoms with van der Waals surface area (Å²) in [4.78, 5) is 0. The lowest BCUT2D eigenvalue weighted by molar-refractivity contribution is -0.132. The first-order valence-electron chi connectivity index (χ1n) is 11.8. The fraction of sp³-hybridized carbons (Fsp3) is 1.00. The molecule has 0 aromatic rings. The molecule has 0 fully saturated rings. The van der Waals surface area contributed by atoms with Crippen molar-refractivity contribution in [2.24, 2.45) is 0 Å². The van der Waals surface area contributed by atoms with Gasteiger partial charge in [-0.1, -0.05) is 0 Å². The van der Waals surface area contributed by atoms with Crippen LogP contribution in [0.4, 0.5) is 26.3 Å². The van der Waals surface area contributed by atoms with E-state index in [9.17, 15) is 26.3 Å². The summed E-state index contributed by atoms with van der Waals surface area (Å²) in [6.07, 6.45) is -10.6. The first-order chi connectivity index (χ1) is 18.0. The Kier molecular flexibility index (Phi) is 26.5. The smallest absolute Gasteiger partial charge is 0.389 e. The molecule has 0 radical (unpaired) electrons. The van der Waals surface area contributed by atoms with Crippen molar-refractivity contribution in [2.75, 3.05) is 69.3 Å². The Bertz CT molecular complexity index is 571. The third-order valence-corrected chi connectivity index (χ3v) is 15.8. The summed E-state index contributed by atoms with van der Waals surface area (Å²) < 4.78 is 110. The molecule has 2 N–H and O–H groups in total. The Morgan fingerprint density at radius 2 is 0.800 bits per heavy atom. The van der Waals surface area contributed by atoms with E-state index >= 15 is 0 Å². The first kappa shape index (κ1) is 47.0. The van der Waals surface area contributed by atoms with Crippen LogP contribution in [0.5, 0.6) is 0 Å². The van der Waals surface area contributed by atoms with Gasteiger partial charge >= 0.3 is 46.6 Å². The Morgan fingerprint density at radius 3 is 0.950 bits per heavy atom. The van der Waals surface area contributed by atoms with Gasteiger partial charge in [-0.25, -0.2) is 0 Å². The molecule has 0 aliphatic heterocycles. The second-order valence-corrected chi connectivity index (χ2v) is 22.8. The van der Waals surface area contributed by atoms with Gasteiger partial charge in [-0.3, -0.25) is 0 Å². The average molecular weight is 677 g/mol. The quantitative estimate of drug-likeness (QED) is 0.203. The second kappa shape index (κ2) is 22.6. The standard InChI is InChI=1S/C6H13F3O3Si.C6H13F3O2Si.C4H12O3Si.C4H12O2Si/c1-11-13(5-10,12-2)4-3-6(7,8)9;1-10-12(3,11-2)5-4-6(7,8)9;1-6-8(3,4-5)7-2;1-5-7(3,4)6-2/h10H,3-5H2,1-2H3;4-5H2,1-3H3;5H,4H2,1-3H3;1-4H3. The third kappa shape index (κ3) is 26.9. The topological polar surface area (TPSA) is 114 Å². The highest BCUT2D eigenvalue weighted by molar-refractivity contribution is 6.67. The van der Waals surface area contributed by atoms with Gasteiger partial charge in [-0.15, -0.1) is 0 Å². The third-order valence-electron chi connectivity index (χ3n) is 5.63. The fourth-order valence-electron chi connectivity index (χ4n) is 1.78. The Labute approximate surface area is 239 Å². The van der Waals surface area contributed by atoms with E-state index in [1.54, 1.807) is 41.5 Å². The summed E-state index contributed by atoms with van der Waals surface area (Å²) in [7, 11) is 2.43. The predicted molar refractivity (Wildman–Crippen MR) is 148 cm³/mol. The number of alkyl halides is 6. The van der Waals surface area contributed by atoms with Crippen molar-refractivity contribution in [3.8, 4) is 0 Å². The van der Waals surface area contributed by atoms with E-state index in [0.29, 0.717) is 0 Å². The molecule has 248 valence electrons. The summed E-state index contributed by atoms with van der Waals surface area (Å²) in [5, 5.41) is 17.4. The fourth-order valence-corrected chi connectivity index (χ4v) is 5.34. The molecule has 0 saturated heterocycles. The van der Waals surface area contributed by atoms with Crippen LogP contribution in [0.25, 0.3) is 0 Å². The van der Waals surface area contributed by atoms with Crippen LogP contribution in [0.2, 0.25) is 38.3 Å². The van der Waals surface area contributed by atoms with Crippen LogP contribution in [0, 0.1) is 0 Å². The van der Waals surface area contributed by atoms with Gasteiger partial charge in [0.05, 0.1) is 12.5 Å². The lowest BCUT2D eigenvalue weighted by Crippen LogP contribution is -2.45. The molecule has 0 saturated carbocycles. The molecule has 0 aromatic heterocycles. The van der Waals surface area contributed by atoms with Crippen LogP contribution in [-0.2, 0) is 35.4 Å². The summed E-state index contributed by atoms with van der Waals surface area (Å²) in [6, 6.07) is -0.330. The molecule has 0 heterocycles. The van der Waals surface area contributed by atoms with Gasteiger partial charge in [0.25, 0.3) is 0 Å². The Balaban J connectivity index is -0.000000223. The van der Waals surface area contributed by atoms with Gasteiger partial charge < -0.3 is 45.6 Å². The predicted octanol–water partition coefficient (Wildman–Crippen LogP) is 4.37. The number of hydrogen-bond donors (Lipinski definition) is 2. The molecule has 0 aromatic carbocycles. The van der Waals surface area contributed by atoms with Crippen molar-refractivity contribution in [3.05, 3.63) is 0 Å². The van der Waals surface area contributed by atoms with Crippen molar-refractivity contribution >= 4 is 34.2 Å². The number of hydrogen-bond acceptors (Lipinski definition) is 10. The first-order valence-corrected chi connectivity index (χ1v) is 21.9. The average Bonchev–Trinajstić information content (AvgIpc) is 2.92. The normalized spacial score (nSPS) is 12.9. The van der Waals surface area contributed by atoms with Crippen LogP contribution in [0.3, 0.4) is 0 Å². The Hall–Kier alpha value is 0.0475. The zero-order valence-electron chi connectivity index (χ0n) is 25.7. The van der Waals surface area contributed by atoms with Crippen molar-refractivity contribution in [1.29, 1.82) is 0 Å². The molecule has 0 rings (SSSR count). The van der Waals surface area contributed by atoms with Crippen LogP contribution < -0.4 is 0 Å². The zero-order chi connectivity index (χ0) is 32.9. The zero-order valence-corrected chi connectivity index (χ0v) is 29.7. The van der Waals surface area contributed by atoms with Crippen molar-refractivity contribution in [3.63, 3.8) is 0 Å². The molecule has 0 unspecified atom stereocenters. The SMILES string of the molecule is CO[Si](C)(C)OC.CO[Si](C)(CCC(F)(F)F)OC.CO[Si](C)(CO)OC.CO[Si](CO)(CCC(F)(F)F)OC. The lowest BCUT2D eigenvalue weighted by Gasteiger charge is -2.25. The largest absolute Gasteiger partial charge is 0.398 e. The molecule has 0 bridgehead atoms. The number of halogens is 6. The molecule has 40 heavy (non-hydrogen) atoms. The summed E-state index contributed by atoms with van der Waals surface area (Å²) in [6.45, 7) is 7.39. The van der Waals surface area contributed by atoms with Crippen LogP contribution in [0.1, 0.15) is 12.8 Å². The maximum Gasteiger partial charge on any atom is 0.389 e. The highest BCUT2D eigenvalue weighted by Gasteiger charge is 2.40. The highest BCUT2D eigenvalue weighted by atomic mass is 28.4. The summed E-state index contributed by atoms with van der Waals surface area (Å²) in [5.74, 6) is 0. The van der Waals surface area contributed by atoms with Gasteiger partial charge in [0, 0.05) is 75.8 Å². The van der Waals surface area contributed by atoms with Crippen molar-refractivity contribution < 1.29 is 72.0 Å². The minimum Gasteiger partial charge on any atom is -0.398 e. The van der Waals surface area contributed by atoms with Crippen LogP contribution in [0.15, 0.2) is 0 Å². The molecule has 0 spiro atoms. The van der Waals surface area contributed by atoms with E-state index in [1.807, 2.05) is 13.1 Å². The van der Waals surface area contributed by atoms with Crippen molar-refractivity contribution in [2.45, 2.75) is 63.5 Å². The molecule has 0 aliphatic carbocycles. The summed E-state index contributed by atoms with van der Waals surface area (Å²) >= 11 is 0. The van der Waals surface area contributed by atoms with E-state index < -0.39 is 65.7 Å². The molecule has 0 atom stereocenters. The summed E-state index contributed by atoms with van der Waals surface area (Å²) in [5.41, 5.74) is 0. The van der Waals surface area contributed by atoms with E-state index in [-0.39, 0.29) is 18.3 Å². The van der Waals surface area contributed by atoms with Gasteiger partial charge in [0.15, 0.2) is 0 Å². The number of aliphatic hydroxyl groups is 2. The molecular formula is C20H50F6O10Si4. The maximum atomic E-state index is 11.8. The maximum absolute atomic E-state index is 11.8. The second-order valence-electron chi connectivity index (χ2n) is 8.76. The van der Waals surface area contributed by atoms with Crippen molar-refractivity contribution in [1.82, 2.24) is 0 Å². The molecule has 20 heteroatoms. The lowest BCUT2D eigenvalue weighted by atomic mass is 10.5. The van der Waals surface area contributed by atoms with E-state index in [4.69, 9.17) is 45.6 Å². The van der Waals surface area contributed by atoms with Gasteiger partial charge in [0.1, 0.15) is 0 Å². The van der Waals surface area contributed by atoms with E-state index in [1.165, 1.54) is 28.4 Å². The minimum atomic E-state index is -4.23. The van der Waals surface area contributed by atoms with E-state index in [0.717, 1.165) is 0 Å². The molecular weight excluding hydrogens is 627 g/mol. The van der Waals surface area contributed by atoms with Gasteiger partial charge in [-0.2, -0.15) is 26.3 Å². The van der Waals surface area contributed by atoms with Crippen LogP contribution in [-0.4, -0.2) is 126 Å². The minimum absolute atomic E-state index is 0.0139.